The van der Waals surface area contributed by atoms with Crippen molar-refractivity contribution in [3.63, 3.8) is 0 Å². The van der Waals surface area contributed by atoms with Gasteiger partial charge in [-0.05, 0) is 34.1 Å². The minimum absolute atomic E-state index is 0.0832. The quantitative estimate of drug-likeness (QED) is 0.671. The van der Waals surface area contributed by atoms with Crippen molar-refractivity contribution in [3.05, 3.63) is 0 Å². The molecule has 0 aromatic rings. The lowest BCUT2D eigenvalue weighted by molar-refractivity contribution is -0.0404. The first-order valence-corrected chi connectivity index (χ1v) is 5.27. The van der Waals surface area contributed by atoms with Crippen molar-refractivity contribution >= 4 is 0 Å². The molecule has 0 fully saturated rings. The van der Waals surface area contributed by atoms with Crippen LogP contribution < -0.4 is 5.73 Å². The summed E-state index contributed by atoms with van der Waals surface area (Å²) in [5, 5.41) is 0. The van der Waals surface area contributed by atoms with E-state index in [1.165, 1.54) is 0 Å². The summed E-state index contributed by atoms with van der Waals surface area (Å²) < 4.78 is 10.9. The smallest absolute Gasteiger partial charge is 0.0707 e. The van der Waals surface area contributed by atoms with Crippen LogP contribution in [0, 0.1) is 0 Å². The second kappa shape index (κ2) is 5.69. The normalized spacial score (nSPS) is 16.7. The third-order valence-electron chi connectivity index (χ3n) is 2.00. The largest absolute Gasteiger partial charge is 0.377 e. The minimum Gasteiger partial charge on any atom is -0.377 e. The predicted molar refractivity (Wildman–Crippen MR) is 59.4 cm³/mol. The predicted octanol–water partition coefficient (Wildman–Crippen LogP) is 1.95. The second-order valence-electron chi connectivity index (χ2n) is 5.02. The fourth-order valence-corrected chi connectivity index (χ4v) is 0.814. The third-order valence-corrected chi connectivity index (χ3v) is 2.00. The van der Waals surface area contributed by atoms with Gasteiger partial charge in [0.2, 0.25) is 0 Å². The van der Waals surface area contributed by atoms with Crippen molar-refractivity contribution in [2.24, 2.45) is 5.73 Å². The lowest BCUT2D eigenvalue weighted by atomic mass is 10.0. The molecule has 0 saturated heterocycles. The van der Waals surface area contributed by atoms with E-state index in [1.807, 2.05) is 27.7 Å². The van der Waals surface area contributed by atoms with E-state index in [4.69, 9.17) is 15.2 Å². The maximum Gasteiger partial charge on any atom is 0.0707 e. The highest BCUT2D eigenvalue weighted by Gasteiger charge is 2.15. The Bertz CT molecular complexity index is 150. The molecule has 14 heavy (non-hydrogen) atoms. The van der Waals surface area contributed by atoms with Gasteiger partial charge in [0.25, 0.3) is 0 Å². The van der Waals surface area contributed by atoms with Gasteiger partial charge in [0.1, 0.15) is 0 Å². The van der Waals surface area contributed by atoms with Crippen molar-refractivity contribution in [2.45, 2.75) is 52.2 Å². The molecule has 1 unspecified atom stereocenters. The molecule has 0 aliphatic rings. The van der Waals surface area contributed by atoms with Gasteiger partial charge in [0, 0.05) is 5.54 Å². The van der Waals surface area contributed by atoms with Crippen LogP contribution in [-0.4, -0.2) is 31.0 Å². The summed E-state index contributed by atoms with van der Waals surface area (Å²) in [7, 11) is 0. The van der Waals surface area contributed by atoms with Gasteiger partial charge in [-0.3, -0.25) is 0 Å². The molecule has 0 aromatic heterocycles. The highest BCUT2D eigenvalue weighted by atomic mass is 16.5. The van der Waals surface area contributed by atoms with Gasteiger partial charge in [0.15, 0.2) is 0 Å². The van der Waals surface area contributed by atoms with Gasteiger partial charge >= 0.3 is 0 Å². The van der Waals surface area contributed by atoms with E-state index in [0.717, 1.165) is 6.42 Å². The summed E-state index contributed by atoms with van der Waals surface area (Å²) in [5.74, 6) is 0. The van der Waals surface area contributed by atoms with Crippen LogP contribution in [-0.2, 0) is 9.47 Å². The fraction of sp³-hybridized carbons (Fsp3) is 1.00. The Kier molecular flexibility index (Phi) is 5.64. The van der Waals surface area contributed by atoms with E-state index < -0.39 is 0 Å². The zero-order chi connectivity index (χ0) is 11.2. The topological polar surface area (TPSA) is 44.5 Å². The van der Waals surface area contributed by atoms with Crippen LogP contribution in [0.5, 0.6) is 0 Å². The van der Waals surface area contributed by atoms with Crippen molar-refractivity contribution in [3.8, 4) is 0 Å². The fourth-order valence-electron chi connectivity index (χ4n) is 0.814. The van der Waals surface area contributed by atoms with E-state index in [-0.39, 0.29) is 11.1 Å². The van der Waals surface area contributed by atoms with E-state index in [9.17, 15) is 0 Å². The van der Waals surface area contributed by atoms with Crippen LogP contribution >= 0.6 is 0 Å². The van der Waals surface area contributed by atoms with Gasteiger partial charge in [0.05, 0.1) is 25.4 Å². The van der Waals surface area contributed by atoms with Gasteiger partial charge < -0.3 is 15.2 Å². The monoisotopic (exact) mass is 203 g/mol. The van der Waals surface area contributed by atoms with E-state index in [1.54, 1.807) is 0 Å². The van der Waals surface area contributed by atoms with Crippen molar-refractivity contribution in [1.29, 1.82) is 0 Å². The van der Waals surface area contributed by atoms with Crippen LogP contribution in [0.1, 0.15) is 41.0 Å². The number of hydrogen-bond acceptors (Lipinski definition) is 3. The molecule has 0 amide bonds. The highest BCUT2D eigenvalue weighted by molar-refractivity contribution is 4.75. The molecule has 0 bridgehead atoms. The first-order chi connectivity index (χ1) is 6.27. The lowest BCUT2D eigenvalue weighted by Crippen LogP contribution is -2.40. The average molecular weight is 203 g/mol. The average Bonchev–Trinajstić information content (AvgIpc) is 2.01. The number of rotatable bonds is 6. The molecule has 2 N–H and O–H groups in total. The molecule has 0 aliphatic carbocycles. The molecule has 1 atom stereocenters. The Balaban J connectivity index is 3.39. The Morgan fingerprint density at radius 3 is 2.07 bits per heavy atom. The van der Waals surface area contributed by atoms with Gasteiger partial charge in [-0.2, -0.15) is 0 Å². The molecular weight excluding hydrogens is 178 g/mol. The summed E-state index contributed by atoms with van der Waals surface area (Å²) in [6.45, 7) is 12.0. The van der Waals surface area contributed by atoms with E-state index in [2.05, 4.69) is 6.92 Å². The standard InChI is InChI=1S/C11H25NO2/c1-6-11(5,12)9-13-7-8-14-10(2,3)4/h6-9,12H2,1-5H3. The summed E-state index contributed by atoms with van der Waals surface area (Å²) in [5.41, 5.74) is 5.63. The molecule has 0 aliphatic heterocycles. The van der Waals surface area contributed by atoms with Crippen LogP contribution in [0.15, 0.2) is 0 Å². The van der Waals surface area contributed by atoms with Crippen molar-refractivity contribution < 1.29 is 9.47 Å². The number of ether oxygens (including phenoxy) is 2. The second-order valence-corrected chi connectivity index (χ2v) is 5.02. The molecule has 0 aromatic carbocycles. The maximum absolute atomic E-state index is 5.92. The molecule has 0 spiro atoms. The van der Waals surface area contributed by atoms with Crippen molar-refractivity contribution in [1.82, 2.24) is 0 Å². The lowest BCUT2D eigenvalue weighted by Gasteiger charge is -2.23. The molecule has 86 valence electrons. The summed E-state index contributed by atoms with van der Waals surface area (Å²) in [6.07, 6.45) is 0.924. The Morgan fingerprint density at radius 2 is 1.64 bits per heavy atom. The van der Waals surface area contributed by atoms with Crippen molar-refractivity contribution in [2.75, 3.05) is 19.8 Å². The Morgan fingerprint density at radius 1 is 1.07 bits per heavy atom. The zero-order valence-corrected chi connectivity index (χ0v) is 10.2. The first kappa shape index (κ1) is 13.9. The molecule has 3 nitrogen and oxygen atoms in total. The highest BCUT2D eigenvalue weighted by Crippen LogP contribution is 2.07. The maximum atomic E-state index is 5.92. The number of nitrogens with two attached hydrogens (primary N) is 1. The zero-order valence-electron chi connectivity index (χ0n) is 10.2. The van der Waals surface area contributed by atoms with Crippen LogP contribution in [0.2, 0.25) is 0 Å². The Hall–Kier alpha value is -0.120. The third kappa shape index (κ3) is 8.48. The molecule has 0 rings (SSSR count). The summed E-state index contributed by atoms with van der Waals surface area (Å²) in [4.78, 5) is 0. The Labute approximate surface area is 88.0 Å². The summed E-state index contributed by atoms with van der Waals surface area (Å²) in [6, 6.07) is 0. The van der Waals surface area contributed by atoms with Crippen LogP contribution in [0.25, 0.3) is 0 Å². The van der Waals surface area contributed by atoms with E-state index >= 15 is 0 Å². The van der Waals surface area contributed by atoms with Gasteiger partial charge in [-0.15, -0.1) is 0 Å². The SMILES string of the molecule is CCC(C)(N)COCCOC(C)(C)C. The first-order valence-electron chi connectivity index (χ1n) is 5.27. The number of hydrogen-bond donors (Lipinski definition) is 1. The molecule has 3 heteroatoms. The van der Waals surface area contributed by atoms with Crippen LogP contribution in [0.3, 0.4) is 0 Å². The molecule has 0 heterocycles. The van der Waals surface area contributed by atoms with Gasteiger partial charge in [-0.1, -0.05) is 6.92 Å². The van der Waals surface area contributed by atoms with Gasteiger partial charge in [-0.25, -0.2) is 0 Å². The minimum atomic E-state index is -0.207. The summed E-state index contributed by atoms with van der Waals surface area (Å²) >= 11 is 0. The molecule has 0 radical (unpaired) electrons. The van der Waals surface area contributed by atoms with E-state index in [0.29, 0.717) is 19.8 Å². The molecule has 0 saturated carbocycles. The van der Waals surface area contributed by atoms with Crippen LogP contribution in [0.4, 0.5) is 0 Å². The molecular formula is C11H25NO2.